The fourth-order valence-electron chi connectivity index (χ4n) is 18.2. The second-order valence-electron chi connectivity index (χ2n) is 30.8. The van der Waals surface area contributed by atoms with Gasteiger partial charge in [0.1, 0.15) is 0 Å². The minimum Gasteiger partial charge on any atom is -0.309 e. The predicted molar refractivity (Wildman–Crippen MR) is 500 cm³/mol. The first kappa shape index (κ1) is 69.4. The van der Waals surface area contributed by atoms with Crippen LogP contribution in [-0.4, -0.2) is 38.2 Å². The number of benzene rings is 18. The first-order valence-electron chi connectivity index (χ1n) is 40.8. The van der Waals surface area contributed by atoms with Crippen molar-refractivity contribution in [1.29, 1.82) is 0 Å². The molecule has 0 amide bonds. The Balaban J connectivity index is 0.000000140. The standard InChI is InChI=1S/2C56H36N4/c1-4-15-37(16-5-1)38-27-29-40(30-28-38)51-35-50(39-17-6-2-7-18-39)57-56(58-51)47-24-14-19-41-33-43(31-32-44(41)47)60-53-26-13-11-23-46(53)49-34-48-45-22-10-12-25-52(45)59(54(48)36-55(49)60)42-20-8-3-9-21-42;1-4-16-37(17-5-1)38-28-30-40(31-29-38)51-35-50(39-18-6-2-7-19-39)57-56(58-51)49-33-43(32-41-20-10-11-23-44(41)49)60-53-27-15-13-25-46(53)48-34-47-45-24-12-14-26-52(45)59(54(47)36-55(48)60)42-21-8-3-9-22-42/h2*1-36H. The lowest BCUT2D eigenvalue weighted by atomic mass is 10.00. The molecule has 6 aromatic heterocycles. The number of hydrogen-bond acceptors (Lipinski definition) is 4. The van der Waals surface area contributed by atoms with Gasteiger partial charge in [0.25, 0.3) is 0 Å². The zero-order valence-electron chi connectivity index (χ0n) is 65.1. The van der Waals surface area contributed by atoms with E-state index in [4.69, 9.17) is 19.9 Å². The van der Waals surface area contributed by atoms with E-state index in [1.54, 1.807) is 0 Å². The molecule has 0 aliphatic heterocycles. The topological polar surface area (TPSA) is 71.3 Å². The van der Waals surface area contributed by atoms with Gasteiger partial charge in [-0.15, -0.1) is 0 Å². The number of para-hydroxylation sites is 6. The summed E-state index contributed by atoms with van der Waals surface area (Å²) in [6.07, 6.45) is 0. The van der Waals surface area contributed by atoms with E-state index in [0.29, 0.717) is 11.6 Å². The van der Waals surface area contributed by atoms with Crippen LogP contribution < -0.4 is 0 Å². The third-order valence-electron chi connectivity index (χ3n) is 23.8. The molecule has 6 heterocycles. The van der Waals surface area contributed by atoms with Crippen molar-refractivity contribution in [1.82, 2.24) is 38.2 Å². The Labute approximate surface area is 692 Å². The van der Waals surface area contributed by atoms with Gasteiger partial charge in [-0.25, -0.2) is 19.9 Å². The molecule has 0 atom stereocenters. The van der Waals surface area contributed by atoms with Crippen molar-refractivity contribution in [2.75, 3.05) is 0 Å². The molecule has 0 bridgehead atoms. The Kier molecular flexibility index (Phi) is 16.7. The van der Waals surface area contributed by atoms with Crippen LogP contribution in [0.3, 0.4) is 0 Å². The van der Waals surface area contributed by atoms with E-state index in [-0.39, 0.29) is 0 Å². The summed E-state index contributed by atoms with van der Waals surface area (Å²) in [7, 11) is 0. The minimum atomic E-state index is 0.684. The van der Waals surface area contributed by atoms with Gasteiger partial charge >= 0.3 is 0 Å². The third-order valence-corrected chi connectivity index (χ3v) is 23.8. The first-order valence-corrected chi connectivity index (χ1v) is 40.8. The van der Waals surface area contributed by atoms with Crippen LogP contribution in [0.15, 0.2) is 437 Å². The van der Waals surface area contributed by atoms with Crippen LogP contribution in [0.25, 0.3) is 222 Å². The largest absolute Gasteiger partial charge is 0.309 e. The van der Waals surface area contributed by atoms with Crippen LogP contribution in [0.4, 0.5) is 0 Å². The van der Waals surface area contributed by atoms with Gasteiger partial charge in [-0.05, 0) is 153 Å². The minimum absolute atomic E-state index is 0.684. The zero-order chi connectivity index (χ0) is 79.1. The van der Waals surface area contributed by atoms with Gasteiger partial charge in [-0.2, -0.15) is 0 Å². The maximum Gasteiger partial charge on any atom is 0.161 e. The molecule has 120 heavy (non-hydrogen) atoms. The highest BCUT2D eigenvalue weighted by atomic mass is 15.0. The second-order valence-corrected chi connectivity index (χ2v) is 30.8. The van der Waals surface area contributed by atoms with Gasteiger partial charge in [0, 0.05) is 99.2 Å². The summed E-state index contributed by atoms with van der Waals surface area (Å²) in [5.74, 6) is 1.38. The average Bonchev–Trinajstić information content (AvgIpc) is 1.57. The van der Waals surface area contributed by atoms with Crippen molar-refractivity contribution in [3.63, 3.8) is 0 Å². The highest BCUT2D eigenvalue weighted by Gasteiger charge is 2.24. The number of hydrogen-bond donors (Lipinski definition) is 0. The lowest BCUT2D eigenvalue weighted by Gasteiger charge is -2.15. The smallest absolute Gasteiger partial charge is 0.161 e. The molecular weight excluding hydrogens is 1460 g/mol. The quantitative estimate of drug-likeness (QED) is 0.122. The number of nitrogens with zero attached hydrogens (tertiary/aromatic N) is 8. The van der Waals surface area contributed by atoms with E-state index in [1.807, 2.05) is 18.2 Å². The fraction of sp³-hybridized carbons (Fsp3) is 0. The SMILES string of the molecule is c1ccc(-c2ccc(-c3cc(-c4ccccc4)nc(-c4cc(-n5c6ccccc6c6cc7c8ccccc8n(-c8ccccc8)c7cc65)cc5ccccc45)n3)cc2)cc1.c1ccc(-c2ccc(-c3cc(-c4ccccc4)nc(-c4cccc5cc(-n6c7ccccc7c7cc8c9ccccc9n(-c9ccccc9)c8cc76)ccc45)n3)cc2)cc1. The van der Waals surface area contributed by atoms with E-state index in [0.717, 1.165) is 111 Å². The summed E-state index contributed by atoms with van der Waals surface area (Å²) < 4.78 is 9.65. The van der Waals surface area contributed by atoms with Crippen LogP contribution in [0, 0.1) is 0 Å². The van der Waals surface area contributed by atoms with Crippen molar-refractivity contribution >= 4 is 109 Å². The van der Waals surface area contributed by atoms with Crippen LogP contribution in [0.2, 0.25) is 0 Å². The summed E-state index contributed by atoms with van der Waals surface area (Å²) in [6.45, 7) is 0. The molecular formula is C112H72N8. The monoisotopic (exact) mass is 1530 g/mol. The fourth-order valence-corrected chi connectivity index (χ4v) is 18.2. The van der Waals surface area contributed by atoms with Gasteiger partial charge < -0.3 is 18.3 Å². The van der Waals surface area contributed by atoms with Crippen molar-refractivity contribution in [3.05, 3.63) is 437 Å². The summed E-state index contributed by atoms with van der Waals surface area (Å²) in [5, 5.41) is 14.3. The van der Waals surface area contributed by atoms with Gasteiger partial charge in [0.2, 0.25) is 0 Å². The van der Waals surface area contributed by atoms with E-state index in [1.165, 1.54) is 98.4 Å². The van der Waals surface area contributed by atoms with Crippen LogP contribution in [-0.2, 0) is 0 Å². The molecule has 8 nitrogen and oxygen atoms in total. The molecule has 0 N–H and O–H groups in total. The van der Waals surface area contributed by atoms with Crippen LogP contribution >= 0.6 is 0 Å². The Bertz CT molecular complexity index is 8080. The lowest BCUT2D eigenvalue weighted by Crippen LogP contribution is -2.00. The second kappa shape index (κ2) is 29.0. The van der Waals surface area contributed by atoms with E-state index in [2.05, 4.69) is 437 Å². The molecule has 0 fully saturated rings. The average molecular weight is 1530 g/mol. The molecule has 8 heteroatoms. The summed E-state index contributed by atoms with van der Waals surface area (Å²) in [4.78, 5) is 21.2. The highest BCUT2D eigenvalue weighted by Crippen LogP contribution is 2.45. The van der Waals surface area contributed by atoms with E-state index >= 15 is 0 Å². The maximum atomic E-state index is 5.39. The molecule has 0 radical (unpaired) electrons. The van der Waals surface area contributed by atoms with Crippen molar-refractivity contribution < 1.29 is 0 Å². The Morgan fingerprint density at radius 1 is 0.142 bits per heavy atom. The summed E-state index contributed by atoms with van der Waals surface area (Å²) >= 11 is 0. The summed E-state index contributed by atoms with van der Waals surface area (Å²) in [5.41, 5.74) is 28.2. The van der Waals surface area contributed by atoms with Gasteiger partial charge in [-0.1, -0.05) is 328 Å². The number of rotatable bonds is 12. The van der Waals surface area contributed by atoms with Crippen LogP contribution in [0.5, 0.6) is 0 Å². The van der Waals surface area contributed by atoms with E-state index < -0.39 is 0 Å². The molecule has 0 spiro atoms. The van der Waals surface area contributed by atoms with Crippen LogP contribution in [0.1, 0.15) is 0 Å². The molecule has 560 valence electrons. The molecule has 24 aromatic rings. The third kappa shape index (κ3) is 12.0. The predicted octanol–water partition coefficient (Wildman–Crippen LogP) is 29.0. The molecule has 0 aliphatic carbocycles. The Morgan fingerprint density at radius 2 is 0.425 bits per heavy atom. The van der Waals surface area contributed by atoms with E-state index in [9.17, 15) is 0 Å². The molecule has 0 aliphatic rings. The molecule has 0 saturated carbocycles. The van der Waals surface area contributed by atoms with Crippen molar-refractivity contribution in [2.24, 2.45) is 0 Å². The zero-order valence-corrected chi connectivity index (χ0v) is 65.1. The first-order chi connectivity index (χ1) is 59.5. The molecule has 0 saturated heterocycles. The van der Waals surface area contributed by atoms with Gasteiger partial charge in [0.05, 0.1) is 66.9 Å². The Morgan fingerprint density at radius 3 is 0.833 bits per heavy atom. The highest BCUT2D eigenvalue weighted by molar-refractivity contribution is 6.21. The Hall–Kier alpha value is -16.2. The molecule has 24 rings (SSSR count). The summed E-state index contributed by atoms with van der Waals surface area (Å²) in [6, 6.07) is 156. The number of fused-ring (bicyclic) bond motifs is 14. The number of aromatic nitrogens is 8. The molecule has 0 unspecified atom stereocenters. The van der Waals surface area contributed by atoms with Crippen molar-refractivity contribution in [3.8, 4) is 113 Å². The normalized spacial score (nSPS) is 11.7. The van der Waals surface area contributed by atoms with Gasteiger partial charge in [-0.3, -0.25) is 0 Å². The molecule has 18 aromatic carbocycles. The maximum absolute atomic E-state index is 5.39. The van der Waals surface area contributed by atoms with Gasteiger partial charge in [0.15, 0.2) is 11.6 Å². The van der Waals surface area contributed by atoms with Crippen molar-refractivity contribution in [2.45, 2.75) is 0 Å². The lowest BCUT2D eigenvalue weighted by molar-refractivity contribution is 1.16.